The zero-order valence-corrected chi connectivity index (χ0v) is 21.8. The van der Waals surface area contributed by atoms with Gasteiger partial charge in [-0.05, 0) is 26.3 Å². The average Bonchev–Trinajstić information content (AvgIpc) is 2.75. The van der Waals surface area contributed by atoms with E-state index in [1.165, 1.54) is 161 Å². The Balaban J connectivity index is 3.12. The molecule has 0 aliphatic carbocycles. The highest BCUT2D eigenvalue weighted by atomic mass is 14.9. The molecule has 0 bridgehead atoms. The van der Waals surface area contributed by atoms with Gasteiger partial charge in [0.1, 0.15) is 0 Å². The van der Waals surface area contributed by atoms with Crippen LogP contribution >= 0.6 is 0 Å². The van der Waals surface area contributed by atoms with Gasteiger partial charge in [0.25, 0.3) is 0 Å². The highest BCUT2D eigenvalue weighted by molar-refractivity contribution is 4.61. The lowest BCUT2D eigenvalue weighted by Crippen LogP contribution is -2.26. The summed E-state index contributed by atoms with van der Waals surface area (Å²) in [4.78, 5) is 0. The van der Waals surface area contributed by atoms with Gasteiger partial charge in [0.05, 0.1) is 0 Å². The largest absolute Gasteiger partial charge is 0.314 e. The molecule has 0 spiro atoms. The van der Waals surface area contributed by atoms with Crippen LogP contribution in [-0.2, 0) is 0 Å². The molecule has 1 heteroatoms. The molecule has 0 saturated carbocycles. The van der Waals surface area contributed by atoms with E-state index < -0.39 is 0 Å². The third-order valence-corrected chi connectivity index (χ3v) is 6.76. The van der Waals surface area contributed by atoms with E-state index in [1.807, 2.05) is 0 Å². The molecule has 0 aromatic rings. The molecule has 0 aliphatic rings. The fraction of sp³-hybridized carbons (Fsp3) is 1.00. The number of hydrogen-bond acceptors (Lipinski definition) is 1. The Hall–Kier alpha value is -0.0400. The summed E-state index contributed by atoms with van der Waals surface area (Å²) in [6.07, 6.45) is 34.6. The minimum atomic E-state index is 0.719. The van der Waals surface area contributed by atoms with Gasteiger partial charge in [-0.15, -0.1) is 0 Å². The van der Waals surface area contributed by atoms with Gasteiger partial charge in [-0.25, -0.2) is 0 Å². The van der Waals surface area contributed by atoms with Crippen LogP contribution in [0, 0.1) is 0 Å². The van der Waals surface area contributed by atoms with E-state index in [0.29, 0.717) is 0 Å². The van der Waals surface area contributed by atoms with Gasteiger partial charge < -0.3 is 5.32 Å². The maximum absolute atomic E-state index is 3.75. The number of unbranched alkanes of at least 4 members (excludes halogenated alkanes) is 21. The van der Waals surface area contributed by atoms with Crippen molar-refractivity contribution < 1.29 is 0 Å². The summed E-state index contributed by atoms with van der Waals surface area (Å²) < 4.78 is 0. The monoisotopic (exact) mass is 423 g/mol. The van der Waals surface area contributed by atoms with Crippen molar-refractivity contribution in [2.24, 2.45) is 0 Å². The average molecular weight is 424 g/mol. The quantitative estimate of drug-likeness (QED) is 0.136. The Bertz CT molecular complexity index is 288. The molecule has 0 saturated heterocycles. The summed E-state index contributed by atoms with van der Waals surface area (Å²) in [5, 5.41) is 3.75. The molecule has 0 radical (unpaired) electrons. The lowest BCUT2D eigenvalue weighted by Gasteiger charge is -2.13. The predicted octanol–water partition coefficient (Wildman–Crippen LogP) is 10.4. The van der Waals surface area contributed by atoms with Crippen molar-refractivity contribution in [1.82, 2.24) is 5.32 Å². The predicted molar refractivity (Wildman–Crippen MR) is 140 cm³/mol. The Kier molecular flexibility index (Phi) is 27.0. The van der Waals surface area contributed by atoms with Gasteiger partial charge in [0, 0.05) is 6.04 Å². The molecule has 1 nitrogen and oxygen atoms in total. The zero-order chi connectivity index (χ0) is 22.0. The standard InChI is InChI=1S/C29H61N/c1-4-6-8-10-12-14-15-16-17-18-20-22-24-26-28-30-29(3)27-25-23-21-19-13-11-9-7-5-2/h29-30H,4-28H2,1-3H3. The van der Waals surface area contributed by atoms with Crippen molar-refractivity contribution >= 4 is 0 Å². The van der Waals surface area contributed by atoms with E-state index in [9.17, 15) is 0 Å². The molecule has 182 valence electrons. The molecule has 1 N–H and O–H groups in total. The van der Waals surface area contributed by atoms with E-state index in [2.05, 4.69) is 26.1 Å². The molecule has 1 atom stereocenters. The maximum atomic E-state index is 3.75. The summed E-state index contributed by atoms with van der Waals surface area (Å²) in [6.45, 7) is 8.22. The summed E-state index contributed by atoms with van der Waals surface area (Å²) in [5.41, 5.74) is 0. The van der Waals surface area contributed by atoms with Gasteiger partial charge >= 0.3 is 0 Å². The van der Waals surface area contributed by atoms with Crippen molar-refractivity contribution in [1.29, 1.82) is 0 Å². The van der Waals surface area contributed by atoms with Crippen molar-refractivity contribution in [2.75, 3.05) is 6.54 Å². The Labute approximate surface area is 193 Å². The first-order chi connectivity index (χ1) is 14.8. The molecular weight excluding hydrogens is 362 g/mol. The van der Waals surface area contributed by atoms with Gasteiger partial charge in [-0.3, -0.25) is 0 Å². The topological polar surface area (TPSA) is 12.0 Å². The summed E-state index contributed by atoms with van der Waals surface area (Å²) >= 11 is 0. The normalized spacial score (nSPS) is 12.5. The highest BCUT2D eigenvalue weighted by Gasteiger charge is 2.01. The second-order valence-corrected chi connectivity index (χ2v) is 10.1. The molecule has 1 unspecified atom stereocenters. The summed E-state index contributed by atoms with van der Waals surface area (Å²) in [7, 11) is 0. The third kappa shape index (κ3) is 26.0. The minimum Gasteiger partial charge on any atom is -0.314 e. The Morgan fingerprint density at radius 2 is 0.700 bits per heavy atom. The van der Waals surface area contributed by atoms with Crippen molar-refractivity contribution in [3.8, 4) is 0 Å². The lowest BCUT2D eigenvalue weighted by molar-refractivity contribution is 0.463. The van der Waals surface area contributed by atoms with E-state index in [1.54, 1.807) is 0 Å². The molecular formula is C29H61N. The molecule has 0 aromatic heterocycles. The number of hydrogen-bond donors (Lipinski definition) is 1. The van der Waals surface area contributed by atoms with Gasteiger partial charge in [0.2, 0.25) is 0 Å². The van der Waals surface area contributed by atoms with Crippen LogP contribution in [-0.4, -0.2) is 12.6 Å². The van der Waals surface area contributed by atoms with Crippen LogP contribution in [0.1, 0.15) is 175 Å². The minimum absolute atomic E-state index is 0.719. The van der Waals surface area contributed by atoms with E-state index in [0.717, 1.165) is 6.04 Å². The smallest absolute Gasteiger partial charge is 0.00387 e. The third-order valence-electron chi connectivity index (χ3n) is 6.76. The molecule has 0 amide bonds. The van der Waals surface area contributed by atoms with Crippen LogP contribution in [0.2, 0.25) is 0 Å². The van der Waals surface area contributed by atoms with E-state index >= 15 is 0 Å². The fourth-order valence-electron chi connectivity index (χ4n) is 4.53. The molecule has 0 fully saturated rings. The first-order valence-corrected chi connectivity index (χ1v) is 14.5. The first kappa shape index (κ1) is 30.0. The number of rotatable bonds is 26. The summed E-state index contributed by atoms with van der Waals surface area (Å²) in [5.74, 6) is 0. The van der Waals surface area contributed by atoms with Crippen LogP contribution in [0.4, 0.5) is 0 Å². The van der Waals surface area contributed by atoms with Crippen molar-refractivity contribution in [3.05, 3.63) is 0 Å². The van der Waals surface area contributed by atoms with Crippen molar-refractivity contribution in [2.45, 2.75) is 181 Å². The zero-order valence-electron chi connectivity index (χ0n) is 21.8. The van der Waals surface area contributed by atoms with E-state index in [-0.39, 0.29) is 0 Å². The second-order valence-electron chi connectivity index (χ2n) is 10.1. The maximum Gasteiger partial charge on any atom is 0.00387 e. The Morgan fingerprint density at radius 3 is 1.07 bits per heavy atom. The SMILES string of the molecule is CCCCCCCCCCCCCCCCNC(C)CCCCCCCCCCC. The number of nitrogens with one attached hydrogen (secondary N) is 1. The van der Waals surface area contributed by atoms with Gasteiger partial charge in [0.15, 0.2) is 0 Å². The molecule has 0 aliphatic heterocycles. The summed E-state index contributed by atoms with van der Waals surface area (Å²) in [6, 6.07) is 0.719. The van der Waals surface area contributed by atoms with Crippen LogP contribution in [0.3, 0.4) is 0 Å². The molecule has 0 heterocycles. The first-order valence-electron chi connectivity index (χ1n) is 14.5. The molecule has 0 aromatic carbocycles. The molecule has 0 rings (SSSR count). The Morgan fingerprint density at radius 1 is 0.400 bits per heavy atom. The van der Waals surface area contributed by atoms with Crippen LogP contribution in [0.15, 0.2) is 0 Å². The van der Waals surface area contributed by atoms with Gasteiger partial charge in [-0.2, -0.15) is 0 Å². The van der Waals surface area contributed by atoms with Gasteiger partial charge in [-0.1, -0.05) is 155 Å². The van der Waals surface area contributed by atoms with E-state index in [4.69, 9.17) is 0 Å². The fourth-order valence-corrected chi connectivity index (χ4v) is 4.53. The van der Waals surface area contributed by atoms with Crippen LogP contribution in [0.25, 0.3) is 0 Å². The van der Waals surface area contributed by atoms with Crippen LogP contribution < -0.4 is 5.32 Å². The lowest BCUT2D eigenvalue weighted by atomic mass is 10.0. The van der Waals surface area contributed by atoms with Crippen molar-refractivity contribution in [3.63, 3.8) is 0 Å². The second kappa shape index (κ2) is 27.0. The highest BCUT2D eigenvalue weighted by Crippen LogP contribution is 2.13. The van der Waals surface area contributed by atoms with Crippen LogP contribution in [0.5, 0.6) is 0 Å². The molecule has 30 heavy (non-hydrogen) atoms.